The summed E-state index contributed by atoms with van der Waals surface area (Å²) in [5, 5.41) is 10.00. The average Bonchev–Trinajstić information content (AvgIpc) is 2.89. The van der Waals surface area contributed by atoms with Crippen molar-refractivity contribution in [2.75, 3.05) is 6.61 Å². The zero-order valence-electron chi connectivity index (χ0n) is 20.2. The van der Waals surface area contributed by atoms with Crippen molar-refractivity contribution in [2.45, 2.75) is 54.5 Å². The second kappa shape index (κ2) is 13.7. The van der Waals surface area contributed by atoms with E-state index in [0.29, 0.717) is 0 Å². The minimum atomic E-state index is -1.66. The molecule has 37 heavy (non-hydrogen) atoms. The van der Waals surface area contributed by atoms with Crippen LogP contribution in [-0.4, -0.2) is 65.3 Å². The fourth-order valence-corrected chi connectivity index (χ4v) is 4.74. The van der Waals surface area contributed by atoms with Gasteiger partial charge in [0.15, 0.2) is 18.3 Å². The van der Waals surface area contributed by atoms with Crippen molar-refractivity contribution < 1.29 is 43.2 Å². The lowest BCUT2D eigenvalue weighted by Crippen LogP contribution is -2.62. The van der Waals surface area contributed by atoms with Gasteiger partial charge >= 0.3 is 17.9 Å². The molecule has 0 aliphatic carbocycles. The van der Waals surface area contributed by atoms with Gasteiger partial charge in [-0.1, -0.05) is 54.2 Å². The molecule has 2 aromatic rings. The van der Waals surface area contributed by atoms with E-state index in [2.05, 4.69) is 6.58 Å². The highest BCUT2D eigenvalue weighted by Gasteiger charge is 2.54. The Balaban J connectivity index is 1.98. The summed E-state index contributed by atoms with van der Waals surface area (Å²) in [6.07, 6.45) is -4.38. The molecule has 1 heterocycles. The standard InChI is InChI=1S/C27H28O9S/c1-3-16-33-24-22(34-20(29)15-14-17(2)28)21(35-26(32)18-10-6-4-7-11-18)23(25(30)31)36-27(24)37-19-12-8-5-9-13-19/h3-13,21-24,27H,1,14-16H2,2H3,(H,30,31)/t21-,22-,23-,24+,27?/m0/s1. The quantitative estimate of drug-likeness (QED) is 0.322. The Hall–Kier alpha value is -3.47. The molecule has 1 unspecified atom stereocenters. The summed E-state index contributed by atoms with van der Waals surface area (Å²) in [6.45, 7) is 5.01. The Labute approximate surface area is 218 Å². The van der Waals surface area contributed by atoms with Crippen molar-refractivity contribution in [3.05, 3.63) is 78.9 Å². The summed E-state index contributed by atoms with van der Waals surface area (Å²) >= 11 is 1.18. The molecule has 1 aliphatic heterocycles. The highest BCUT2D eigenvalue weighted by Crippen LogP contribution is 2.37. The van der Waals surface area contributed by atoms with Crippen molar-refractivity contribution in [1.82, 2.24) is 0 Å². The Morgan fingerprint density at radius 2 is 1.59 bits per heavy atom. The maximum Gasteiger partial charge on any atom is 0.338 e. The summed E-state index contributed by atoms with van der Waals surface area (Å²) in [5.41, 5.74) is -0.765. The van der Waals surface area contributed by atoms with Gasteiger partial charge in [-0.15, -0.1) is 6.58 Å². The minimum absolute atomic E-state index is 0.0263. The smallest absolute Gasteiger partial charge is 0.338 e. The van der Waals surface area contributed by atoms with E-state index in [0.717, 1.165) is 4.90 Å². The Kier molecular flexibility index (Phi) is 10.4. The van der Waals surface area contributed by atoms with Crippen molar-refractivity contribution >= 4 is 35.5 Å². The predicted molar refractivity (Wildman–Crippen MR) is 134 cm³/mol. The molecule has 0 bridgehead atoms. The number of hydrogen-bond acceptors (Lipinski definition) is 9. The second-order valence-corrected chi connectivity index (χ2v) is 9.35. The van der Waals surface area contributed by atoms with E-state index in [4.69, 9.17) is 18.9 Å². The highest BCUT2D eigenvalue weighted by molar-refractivity contribution is 7.99. The van der Waals surface area contributed by atoms with E-state index >= 15 is 0 Å². The summed E-state index contributed by atoms with van der Waals surface area (Å²) in [4.78, 5) is 50.0. The van der Waals surface area contributed by atoms with Crippen LogP contribution >= 0.6 is 11.8 Å². The Bertz CT molecular complexity index is 1090. The molecule has 1 saturated heterocycles. The van der Waals surface area contributed by atoms with E-state index in [1.54, 1.807) is 18.2 Å². The van der Waals surface area contributed by atoms with Crippen LogP contribution in [-0.2, 0) is 33.3 Å². The highest BCUT2D eigenvalue weighted by atomic mass is 32.2. The minimum Gasteiger partial charge on any atom is -0.479 e. The van der Waals surface area contributed by atoms with Crippen molar-refractivity contribution in [3.8, 4) is 0 Å². The van der Waals surface area contributed by atoms with Crippen LogP contribution in [0.4, 0.5) is 0 Å². The maximum absolute atomic E-state index is 12.9. The van der Waals surface area contributed by atoms with Gasteiger partial charge in [-0.05, 0) is 31.2 Å². The third-order valence-electron chi connectivity index (χ3n) is 5.34. The lowest BCUT2D eigenvalue weighted by atomic mass is 9.98. The van der Waals surface area contributed by atoms with Gasteiger partial charge in [-0.25, -0.2) is 9.59 Å². The topological polar surface area (TPSA) is 125 Å². The molecule has 0 spiro atoms. The van der Waals surface area contributed by atoms with Gasteiger partial charge < -0.3 is 28.8 Å². The van der Waals surface area contributed by atoms with Crippen LogP contribution in [0.2, 0.25) is 0 Å². The van der Waals surface area contributed by atoms with Gasteiger partial charge in [0, 0.05) is 11.3 Å². The van der Waals surface area contributed by atoms with Gasteiger partial charge in [0.25, 0.3) is 0 Å². The Morgan fingerprint density at radius 3 is 2.19 bits per heavy atom. The number of carbonyl (C=O) groups excluding carboxylic acids is 3. The number of hydrogen-bond donors (Lipinski definition) is 1. The number of rotatable bonds is 12. The molecule has 0 radical (unpaired) electrons. The zero-order chi connectivity index (χ0) is 26.8. The van der Waals surface area contributed by atoms with Crippen LogP contribution in [0.15, 0.2) is 78.2 Å². The van der Waals surface area contributed by atoms with Crippen LogP contribution < -0.4 is 0 Å². The number of esters is 2. The van der Waals surface area contributed by atoms with Crippen LogP contribution in [0.25, 0.3) is 0 Å². The van der Waals surface area contributed by atoms with Gasteiger partial charge in [-0.2, -0.15) is 0 Å². The van der Waals surface area contributed by atoms with Gasteiger partial charge in [0.05, 0.1) is 18.6 Å². The van der Waals surface area contributed by atoms with Gasteiger partial charge in [0.1, 0.15) is 17.3 Å². The predicted octanol–water partition coefficient (Wildman–Crippen LogP) is 3.67. The molecule has 0 amide bonds. The first kappa shape index (κ1) is 28.1. The van der Waals surface area contributed by atoms with E-state index in [1.165, 1.54) is 36.9 Å². The van der Waals surface area contributed by atoms with Crippen LogP contribution in [0.3, 0.4) is 0 Å². The van der Waals surface area contributed by atoms with Gasteiger partial charge in [0.2, 0.25) is 0 Å². The fourth-order valence-electron chi connectivity index (χ4n) is 3.61. The monoisotopic (exact) mass is 528 g/mol. The molecule has 1 N–H and O–H groups in total. The second-order valence-electron chi connectivity index (χ2n) is 8.17. The number of carboxylic acids is 1. The third kappa shape index (κ3) is 8.01. The molecule has 2 aromatic carbocycles. The Morgan fingerprint density at radius 1 is 0.946 bits per heavy atom. The molecule has 0 saturated carbocycles. The SMILES string of the molecule is C=CCO[C@H]1C(Sc2ccccc2)O[C@H](C(=O)O)[C@@H](OC(=O)c2ccccc2)[C@@H]1OC(=O)CCC(C)=O. The van der Waals surface area contributed by atoms with E-state index < -0.39 is 47.8 Å². The molecule has 9 nitrogen and oxygen atoms in total. The largest absolute Gasteiger partial charge is 0.479 e. The summed E-state index contributed by atoms with van der Waals surface area (Å²) < 4.78 is 23.1. The summed E-state index contributed by atoms with van der Waals surface area (Å²) in [6, 6.07) is 17.1. The molecular formula is C27H28O9S. The van der Waals surface area contributed by atoms with Crippen LogP contribution in [0.5, 0.6) is 0 Å². The average molecular weight is 529 g/mol. The van der Waals surface area contributed by atoms with E-state index in [9.17, 15) is 24.3 Å². The molecular weight excluding hydrogens is 500 g/mol. The lowest BCUT2D eigenvalue weighted by Gasteiger charge is -2.43. The summed E-state index contributed by atoms with van der Waals surface area (Å²) in [5.74, 6) is -3.20. The van der Waals surface area contributed by atoms with E-state index in [-0.39, 0.29) is 30.8 Å². The number of ketones is 1. The fraction of sp³-hybridized carbons (Fsp3) is 0.333. The van der Waals surface area contributed by atoms with Crippen molar-refractivity contribution in [3.63, 3.8) is 0 Å². The first-order valence-electron chi connectivity index (χ1n) is 11.6. The summed E-state index contributed by atoms with van der Waals surface area (Å²) in [7, 11) is 0. The molecule has 1 fully saturated rings. The van der Waals surface area contributed by atoms with Crippen molar-refractivity contribution in [1.29, 1.82) is 0 Å². The molecule has 10 heteroatoms. The van der Waals surface area contributed by atoms with E-state index in [1.807, 2.05) is 30.3 Å². The normalized spacial score (nSPS) is 23.0. The van der Waals surface area contributed by atoms with Crippen LogP contribution in [0.1, 0.15) is 30.1 Å². The molecule has 1 aliphatic rings. The molecule has 5 atom stereocenters. The zero-order valence-corrected chi connectivity index (χ0v) is 21.0. The number of benzene rings is 2. The maximum atomic E-state index is 12.9. The first-order chi connectivity index (χ1) is 17.8. The molecule has 196 valence electrons. The number of ether oxygens (including phenoxy) is 4. The molecule has 0 aromatic heterocycles. The first-order valence-corrected chi connectivity index (χ1v) is 12.5. The number of carboxylic acid groups (broad SMARTS) is 1. The number of aliphatic carboxylic acids is 1. The van der Waals surface area contributed by atoms with Crippen molar-refractivity contribution in [2.24, 2.45) is 0 Å². The lowest BCUT2D eigenvalue weighted by molar-refractivity contribution is -0.228. The molecule has 3 rings (SSSR count). The number of thioether (sulfide) groups is 1. The van der Waals surface area contributed by atoms with Crippen LogP contribution in [0, 0.1) is 0 Å². The number of carbonyl (C=O) groups is 4. The third-order valence-corrected chi connectivity index (χ3v) is 6.50. The number of Topliss-reactive ketones (excluding diaryl/α,β-unsaturated/α-hetero) is 1. The van der Waals surface area contributed by atoms with Gasteiger partial charge in [-0.3, -0.25) is 4.79 Å².